The number of aliphatic carboxylic acids is 1. The number of carbonyl (C=O) groups is 2. The Kier molecular flexibility index (Phi) is 5.87. The number of rotatable bonds is 7. The third-order valence-corrected chi connectivity index (χ3v) is 5.44. The van der Waals surface area contributed by atoms with Crippen LogP contribution in [0.25, 0.3) is 0 Å². The van der Waals surface area contributed by atoms with Crippen molar-refractivity contribution < 1.29 is 27.9 Å². The van der Waals surface area contributed by atoms with E-state index in [1.807, 2.05) is 0 Å². The van der Waals surface area contributed by atoms with Gasteiger partial charge in [-0.05, 0) is 26.3 Å². The maximum Gasteiger partial charge on any atom is 0.321 e. The number of nitrogens with one attached hydrogen (secondary N) is 1. The fourth-order valence-corrected chi connectivity index (χ4v) is 4.50. The van der Waals surface area contributed by atoms with Crippen LogP contribution in [-0.2, 0) is 24.3 Å². The number of aryl methyl sites for hydroxylation is 2. The van der Waals surface area contributed by atoms with E-state index >= 15 is 0 Å². The summed E-state index contributed by atoms with van der Waals surface area (Å²) in [6.07, 6.45) is -0.360. The number of carbonyl (C=O) groups excluding carboxylic acids is 1. The van der Waals surface area contributed by atoms with Gasteiger partial charge in [0.05, 0.1) is 12.0 Å². The molecule has 21 heavy (non-hydrogen) atoms. The van der Waals surface area contributed by atoms with Crippen molar-refractivity contribution in [3.8, 4) is 0 Å². The third-order valence-electron chi connectivity index (χ3n) is 2.75. The van der Waals surface area contributed by atoms with Crippen LogP contribution in [0.3, 0.4) is 0 Å². The Morgan fingerprint density at radius 1 is 1.43 bits per heavy atom. The van der Waals surface area contributed by atoms with Crippen molar-refractivity contribution in [1.82, 2.24) is 4.72 Å². The maximum absolute atomic E-state index is 12.2. The molecule has 1 aromatic heterocycles. The molecule has 0 radical (unpaired) electrons. The Balaban J connectivity index is 2.90. The number of hydrogen-bond acceptors (Lipinski definition) is 6. The van der Waals surface area contributed by atoms with Gasteiger partial charge in [-0.15, -0.1) is 11.3 Å². The second-order valence-corrected chi connectivity index (χ2v) is 7.55. The number of hydrogen-bond donors (Lipinski definition) is 2. The minimum atomic E-state index is -3.94. The smallest absolute Gasteiger partial charge is 0.321 e. The lowest BCUT2D eigenvalue weighted by Gasteiger charge is -2.14. The summed E-state index contributed by atoms with van der Waals surface area (Å²) in [5, 5.41) is 9.07. The van der Waals surface area contributed by atoms with E-state index in [1.54, 1.807) is 13.8 Å². The van der Waals surface area contributed by atoms with Crippen molar-refractivity contribution in [1.29, 1.82) is 0 Å². The Morgan fingerprint density at radius 3 is 2.48 bits per heavy atom. The van der Waals surface area contributed by atoms with Gasteiger partial charge in [-0.2, -0.15) is 4.72 Å². The van der Waals surface area contributed by atoms with E-state index < -0.39 is 28.0 Å². The van der Waals surface area contributed by atoms with Crippen molar-refractivity contribution >= 4 is 33.3 Å². The fraction of sp³-hybridized carbons (Fsp3) is 0.500. The van der Waals surface area contributed by atoms with E-state index in [0.29, 0.717) is 4.88 Å². The summed E-state index contributed by atoms with van der Waals surface area (Å²) in [5.41, 5.74) is 0. The zero-order chi connectivity index (χ0) is 16.2. The summed E-state index contributed by atoms with van der Waals surface area (Å²) < 4.78 is 30.9. The molecular weight excluding hydrogens is 318 g/mol. The van der Waals surface area contributed by atoms with E-state index in [4.69, 9.17) is 5.11 Å². The van der Waals surface area contributed by atoms with Crippen molar-refractivity contribution in [3.63, 3.8) is 0 Å². The first-order valence-electron chi connectivity index (χ1n) is 6.06. The molecular formula is C12H17NO6S2. The molecule has 0 amide bonds. The first-order chi connectivity index (χ1) is 9.67. The zero-order valence-corrected chi connectivity index (χ0v) is 13.5. The highest BCUT2D eigenvalue weighted by atomic mass is 32.2. The molecule has 0 saturated carbocycles. The molecule has 0 bridgehead atoms. The van der Waals surface area contributed by atoms with Crippen LogP contribution in [0.2, 0.25) is 0 Å². The maximum atomic E-state index is 12.2. The molecule has 0 aliphatic heterocycles. The largest absolute Gasteiger partial charge is 0.480 e. The Hall–Kier alpha value is -1.45. The highest BCUT2D eigenvalue weighted by Crippen LogP contribution is 2.25. The van der Waals surface area contributed by atoms with Crippen LogP contribution in [0, 0.1) is 13.8 Å². The molecule has 1 rings (SSSR count). The standard InChI is InChI=1S/C12H17NO6S2/c1-7-6-10(8(2)20-7)21(17,18)13-9(12(15)16)4-5-11(14)19-3/h6,9,13H,4-5H2,1-3H3,(H,15,16). The molecule has 7 nitrogen and oxygen atoms in total. The van der Waals surface area contributed by atoms with Gasteiger partial charge in [0.2, 0.25) is 10.0 Å². The first kappa shape index (κ1) is 17.6. The molecule has 0 spiro atoms. The van der Waals surface area contributed by atoms with E-state index in [1.165, 1.54) is 24.5 Å². The summed E-state index contributed by atoms with van der Waals surface area (Å²) in [6, 6.07) is 0.107. The van der Waals surface area contributed by atoms with E-state index in [-0.39, 0.29) is 17.7 Å². The Labute approximate surface area is 127 Å². The molecule has 118 valence electrons. The van der Waals surface area contributed by atoms with Crippen molar-refractivity contribution in [2.45, 2.75) is 37.6 Å². The lowest BCUT2D eigenvalue weighted by molar-refractivity contribution is -0.142. The summed E-state index contributed by atoms with van der Waals surface area (Å²) in [5.74, 6) is -1.94. The lowest BCUT2D eigenvalue weighted by Crippen LogP contribution is -2.41. The number of ether oxygens (including phenoxy) is 1. The second kappa shape index (κ2) is 7.01. The molecule has 0 saturated heterocycles. The van der Waals surface area contributed by atoms with Crippen LogP contribution in [-0.4, -0.2) is 38.6 Å². The number of esters is 1. The monoisotopic (exact) mass is 335 g/mol. The lowest BCUT2D eigenvalue weighted by atomic mass is 10.2. The highest BCUT2D eigenvalue weighted by Gasteiger charge is 2.27. The summed E-state index contributed by atoms with van der Waals surface area (Å²) in [4.78, 5) is 23.6. The molecule has 1 unspecified atom stereocenters. The number of thiophene rings is 1. The van der Waals surface area contributed by atoms with Gasteiger partial charge in [0.1, 0.15) is 6.04 Å². The van der Waals surface area contributed by atoms with Crippen LogP contribution in [0.5, 0.6) is 0 Å². The number of carboxylic acids is 1. The molecule has 0 fully saturated rings. The Morgan fingerprint density at radius 2 is 2.05 bits per heavy atom. The molecule has 2 N–H and O–H groups in total. The number of methoxy groups -OCH3 is 1. The molecule has 9 heteroatoms. The van der Waals surface area contributed by atoms with Gasteiger partial charge in [-0.1, -0.05) is 0 Å². The van der Waals surface area contributed by atoms with E-state index in [9.17, 15) is 18.0 Å². The highest BCUT2D eigenvalue weighted by molar-refractivity contribution is 7.89. The van der Waals surface area contributed by atoms with Crippen LogP contribution >= 0.6 is 11.3 Å². The van der Waals surface area contributed by atoms with Crippen LogP contribution in [0.1, 0.15) is 22.6 Å². The van der Waals surface area contributed by atoms with Gasteiger partial charge in [0, 0.05) is 16.2 Å². The third kappa shape index (κ3) is 4.80. The molecule has 0 aromatic carbocycles. The molecule has 1 aromatic rings. The van der Waals surface area contributed by atoms with Gasteiger partial charge in [-0.25, -0.2) is 8.42 Å². The van der Waals surface area contributed by atoms with E-state index in [2.05, 4.69) is 9.46 Å². The van der Waals surface area contributed by atoms with Gasteiger partial charge in [0.15, 0.2) is 0 Å². The van der Waals surface area contributed by atoms with Gasteiger partial charge >= 0.3 is 11.9 Å². The van der Waals surface area contributed by atoms with Crippen LogP contribution < -0.4 is 4.72 Å². The van der Waals surface area contributed by atoms with Crippen LogP contribution in [0.4, 0.5) is 0 Å². The predicted octanol–water partition coefficient (Wildman–Crippen LogP) is 1.05. The minimum Gasteiger partial charge on any atom is -0.480 e. The zero-order valence-electron chi connectivity index (χ0n) is 11.9. The first-order valence-corrected chi connectivity index (χ1v) is 8.36. The predicted molar refractivity (Wildman–Crippen MR) is 76.8 cm³/mol. The number of carboxylic acid groups (broad SMARTS) is 1. The summed E-state index contributed by atoms with van der Waals surface area (Å²) in [7, 11) is -2.76. The summed E-state index contributed by atoms with van der Waals surface area (Å²) >= 11 is 1.31. The summed E-state index contributed by atoms with van der Waals surface area (Å²) in [6.45, 7) is 3.42. The Bertz CT molecular complexity index is 634. The molecule has 0 aliphatic rings. The number of sulfonamides is 1. The SMILES string of the molecule is COC(=O)CCC(NS(=O)(=O)c1cc(C)sc1C)C(=O)O. The van der Waals surface area contributed by atoms with Crippen LogP contribution in [0.15, 0.2) is 11.0 Å². The van der Waals surface area contributed by atoms with Crippen molar-refractivity contribution in [2.24, 2.45) is 0 Å². The molecule has 0 aliphatic carbocycles. The minimum absolute atomic E-state index is 0.0642. The average molecular weight is 335 g/mol. The topological polar surface area (TPSA) is 110 Å². The van der Waals surface area contributed by atoms with Crippen molar-refractivity contribution in [3.05, 3.63) is 15.8 Å². The fourth-order valence-electron chi connectivity index (χ4n) is 1.72. The molecule has 1 heterocycles. The van der Waals surface area contributed by atoms with Crippen molar-refractivity contribution in [2.75, 3.05) is 7.11 Å². The van der Waals surface area contributed by atoms with E-state index in [0.717, 1.165) is 4.88 Å². The molecule has 1 atom stereocenters. The van der Waals surface area contributed by atoms with Gasteiger partial charge in [0.25, 0.3) is 0 Å². The normalized spacial score (nSPS) is 12.9. The van der Waals surface area contributed by atoms with Gasteiger partial charge in [-0.3, -0.25) is 9.59 Å². The average Bonchev–Trinajstić information content (AvgIpc) is 2.73. The van der Waals surface area contributed by atoms with Gasteiger partial charge < -0.3 is 9.84 Å². The quantitative estimate of drug-likeness (QED) is 0.721. The second-order valence-electron chi connectivity index (χ2n) is 4.40.